The molecule has 0 aromatic heterocycles. The minimum Gasteiger partial charge on any atom is -0.496 e. The van der Waals surface area contributed by atoms with E-state index >= 15 is 0 Å². The van der Waals surface area contributed by atoms with Crippen molar-refractivity contribution < 1.29 is 14.2 Å². The van der Waals surface area contributed by atoms with Gasteiger partial charge >= 0.3 is 0 Å². The van der Waals surface area contributed by atoms with Gasteiger partial charge in [0.1, 0.15) is 12.2 Å². The lowest BCUT2D eigenvalue weighted by molar-refractivity contribution is -0.185. The third-order valence-corrected chi connectivity index (χ3v) is 3.19. The molecule has 2 heterocycles. The highest BCUT2D eigenvalue weighted by molar-refractivity contribution is 4.90. The third kappa shape index (κ3) is 2.17. The van der Waals surface area contributed by atoms with Gasteiger partial charge < -0.3 is 14.2 Å². The van der Waals surface area contributed by atoms with E-state index in [-0.39, 0.29) is 24.4 Å². The Morgan fingerprint density at radius 2 is 1.33 bits per heavy atom. The molecule has 0 spiro atoms. The monoisotopic (exact) mass is 210 g/mol. The fourth-order valence-electron chi connectivity index (χ4n) is 2.50. The maximum Gasteiger partial charge on any atom is 0.124 e. The van der Waals surface area contributed by atoms with Crippen molar-refractivity contribution in [2.24, 2.45) is 0 Å². The molecule has 2 aliphatic heterocycles. The molecule has 0 saturated carbocycles. The van der Waals surface area contributed by atoms with Gasteiger partial charge in [-0.25, -0.2) is 0 Å². The molecule has 0 aromatic rings. The molecule has 2 aliphatic rings. The van der Waals surface area contributed by atoms with Crippen LogP contribution in [0, 0.1) is 0 Å². The Kier molecular flexibility index (Phi) is 3.31. The molecule has 15 heavy (non-hydrogen) atoms. The van der Waals surface area contributed by atoms with E-state index in [2.05, 4.69) is 13.2 Å². The zero-order valence-electron chi connectivity index (χ0n) is 8.93. The zero-order valence-corrected chi connectivity index (χ0v) is 8.93. The second-order valence-electron chi connectivity index (χ2n) is 4.05. The summed E-state index contributed by atoms with van der Waals surface area (Å²) in [5.74, 6) is 0. The molecule has 2 rings (SSSR count). The lowest BCUT2D eigenvalue weighted by Gasteiger charge is -2.43. The van der Waals surface area contributed by atoms with Crippen molar-refractivity contribution in [3.8, 4) is 0 Å². The average Bonchev–Trinajstić information content (AvgIpc) is 2.26. The van der Waals surface area contributed by atoms with Gasteiger partial charge in [0, 0.05) is 0 Å². The van der Waals surface area contributed by atoms with Crippen molar-refractivity contribution in [3.05, 3.63) is 25.7 Å². The predicted molar refractivity (Wildman–Crippen MR) is 57.3 cm³/mol. The Bertz CT molecular complexity index is 215. The minimum atomic E-state index is 0.184. The van der Waals surface area contributed by atoms with Crippen molar-refractivity contribution in [2.75, 3.05) is 0 Å². The summed E-state index contributed by atoms with van der Waals surface area (Å²) >= 11 is 0. The molecule has 0 aromatic carbocycles. The summed E-state index contributed by atoms with van der Waals surface area (Å²) in [5.41, 5.74) is 0. The van der Waals surface area contributed by atoms with Gasteiger partial charge in [0.2, 0.25) is 0 Å². The zero-order chi connectivity index (χ0) is 10.7. The molecular formula is C12H18O3. The van der Waals surface area contributed by atoms with Crippen LogP contribution in [-0.4, -0.2) is 24.4 Å². The van der Waals surface area contributed by atoms with E-state index in [0.717, 1.165) is 25.7 Å². The first-order valence-electron chi connectivity index (χ1n) is 5.53. The van der Waals surface area contributed by atoms with Gasteiger partial charge in [-0.05, 0) is 25.7 Å². The second kappa shape index (κ2) is 4.71. The smallest absolute Gasteiger partial charge is 0.124 e. The lowest BCUT2D eigenvalue weighted by atomic mass is 9.88. The maximum atomic E-state index is 5.91. The van der Waals surface area contributed by atoms with E-state index in [1.54, 1.807) is 0 Å². The van der Waals surface area contributed by atoms with Crippen LogP contribution in [0.1, 0.15) is 25.7 Å². The first kappa shape index (κ1) is 10.6. The molecular weight excluding hydrogens is 192 g/mol. The summed E-state index contributed by atoms with van der Waals surface area (Å²) in [4.78, 5) is 0. The Hall–Kier alpha value is -0.960. The van der Waals surface area contributed by atoms with E-state index in [1.807, 2.05) is 0 Å². The SMILES string of the molecule is C=COC1CCC2OC1CCC2OC=C. The lowest BCUT2D eigenvalue weighted by Crippen LogP contribution is -2.49. The Balaban J connectivity index is 1.93. The summed E-state index contributed by atoms with van der Waals surface area (Å²) in [6.45, 7) is 7.18. The summed E-state index contributed by atoms with van der Waals surface area (Å²) in [7, 11) is 0. The quantitative estimate of drug-likeness (QED) is 0.667. The van der Waals surface area contributed by atoms with E-state index in [4.69, 9.17) is 14.2 Å². The number of hydrogen-bond acceptors (Lipinski definition) is 3. The normalized spacial score (nSPS) is 39.2. The Morgan fingerprint density at radius 1 is 0.867 bits per heavy atom. The van der Waals surface area contributed by atoms with Gasteiger partial charge in [-0.1, -0.05) is 13.2 Å². The molecule has 3 heteroatoms. The molecule has 0 N–H and O–H groups in total. The third-order valence-electron chi connectivity index (χ3n) is 3.19. The molecule has 2 fully saturated rings. The second-order valence-corrected chi connectivity index (χ2v) is 4.05. The van der Waals surface area contributed by atoms with Crippen LogP contribution in [0.5, 0.6) is 0 Å². The van der Waals surface area contributed by atoms with E-state index in [0.29, 0.717) is 0 Å². The molecule has 2 saturated heterocycles. The van der Waals surface area contributed by atoms with Gasteiger partial charge in [-0.3, -0.25) is 0 Å². The Morgan fingerprint density at radius 3 is 1.73 bits per heavy atom. The van der Waals surface area contributed by atoms with Gasteiger partial charge in [0.15, 0.2) is 0 Å². The first-order chi connectivity index (χ1) is 7.35. The van der Waals surface area contributed by atoms with Crippen LogP contribution in [0.15, 0.2) is 25.7 Å². The largest absolute Gasteiger partial charge is 0.496 e. The molecule has 4 unspecified atom stereocenters. The fraction of sp³-hybridized carbons (Fsp3) is 0.667. The first-order valence-corrected chi connectivity index (χ1v) is 5.53. The number of ether oxygens (including phenoxy) is 3. The predicted octanol–water partition coefficient (Wildman–Crippen LogP) is 2.39. The molecule has 2 bridgehead atoms. The van der Waals surface area contributed by atoms with Crippen LogP contribution < -0.4 is 0 Å². The highest BCUT2D eigenvalue weighted by Gasteiger charge is 2.40. The van der Waals surface area contributed by atoms with Gasteiger partial charge in [0.25, 0.3) is 0 Å². The molecule has 0 amide bonds. The molecule has 84 valence electrons. The summed E-state index contributed by atoms with van der Waals surface area (Å²) < 4.78 is 16.8. The summed E-state index contributed by atoms with van der Waals surface area (Å²) in [6.07, 6.45) is 7.86. The van der Waals surface area contributed by atoms with E-state index in [9.17, 15) is 0 Å². The maximum absolute atomic E-state index is 5.91. The molecule has 0 radical (unpaired) electrons. The van der Waals surface area contributed by atoms with Crippen LogP contribution >= 0.6 is 0 Å². The van der Waals surface area contributed by atoms with Crippen molar-refractivity contribution >= 4 is 0 Å². The number of rotatable bonds is 4. The van der Waals surface area contributed by atoms with Crippen molar-refractivity contribution in [3.63, 3.8) is 0 Å². The van der Waals surface area contributed by atoms with Gasteiger partial charge in [-0.2, -0.15) is 0 Å². The highest BCUT2D eigenvalue weighted by atomic mass is 16.6. The van der Waals surface area contributed by atoms with Crippen LogP contribution in [-0.2, 0) is 14.2 Å². The standard InChI is InChI=1S/C12H18O3/c1-3-13-9-5-7-12-10(14-4-2)6-8-11(9)15-12/h3-4,9-12H,1-2,5-8H2. The summed E-state index contributed by atoms with van der Waals surface area (Å²) in [6, 6.07) is 0. The average molecular weight is 210 g/mol. The van der Waals surface area contributed by atoms with E-state index in [1.165, 1.54) is 12.5 Å². The summed E-state index contributed by atoms with van der Waals surface area (Å²) in [5, 5.41) is 0. The minimum absolute atomic E-state index is 0.184. The topological polar surface area (TPSA) is 27.7 Å². The molecule has 3 nitrogen and oxygen atoms in total. The van der Waals surface area contributed by atoms with Crippen LogP contribution in [0.2, 0.25) is 0 Å². The van der Waals surface area contributed by atoms with Crippen LogP contribution in [0.3, 0.4) is 0 Å². The van der Waals surface area contributed by atoms with Crippen molar-refractivity contribution in [1.29, 1.82) is 0 Å². The Labute approximate surface area is 90.7 Å². The molecule has 4 atom stereocenters. The van der Waals surface area contributed by atoms with Crippen LogP contribution in [0.25, 0.3) is 0 Å². The van der Waals surface area contributed by atoms with Crippen molar-refractivity contribution in [1.82, 2.24) is 0 Å². The van der Waals surface area contributed by atoms with Gasteiger partial charge in [-0.15, -0.1) is 0 Å². The molecule has 0 aliphatic carbocycles. The number of hydrogen-bond donors (Lipinski definition) is 0. The van der Waals surface area contributed by atoms with Gasteiger partial charge in [0.05, 0.1) is 24.7 Å². The number of fused-ring (bicyclic) bond motifs is 2. The van der Waals surface area contributed by atoms with Crippen LogP contribution in [0.4, 0.5) is 0 Å². The highest BCUT2D eigenvalue weighted by Crippen LogP contribution is 2.34. The fourth-order valence-corrected chi connectivity index (χ4v) is 2.50. The van der Waals surface area contributed by atoms with Crippen molar-refractivity contribution in [2.45, 2.75) is 50.1 Å². The van der Waals surface area contributed by atoms with E-state index < -0.39 is 0 Å².